The van der Waals surface area contributed by atoms with E-state index in [1.807, 2.05) is 48.5 Å². The van der Waals surface area contributed by atoms with Crippen LogP contribution in [0.1, 0.15) is 0 Å². The number of nitrogens with one attached hydrogen (secondary N) is 1. The molecule has 156 valence electrons. The molecule has 0 unspecified atom stereocenters. The number of hydrogen-bond acceptors (Lipinski definition) is 5. The van der Waals surface area contributed by atoms with Crippen LogP contribution in [0.4, 0.5) is 5.69 Å². The molecule has 1 aromatic heterocycles. The average Bonchev–Trinajstić information content (AvgIpc) is 3.24. The first kappa shape index (κ1) is 20.6. The molecule has 0 saturated carbocycles. The van der Waals surface area contributed by atoms with Crippen molar-refractivity contribution in [2.24, 2.45) is 0 Å². The minimum atomic E-state index is -0.425. The van der Waals surface area contributed by atoms with Gasteiger partial charge in [0.05, 0.1) is 35.0 Å². The Morgan fingerprint density at radius 3 is 1.97 bits per heavy atom. The number of imidazole rings is 1. The maximum Gasteiger partial charge on any atom is 0.284 e. The van der Waals surface area contributed by atoms with Gasteiger partial charge in [0, 0.05) is 22.8 Å². The molecule has 1 N–H and O–H groups in total. The number of aromatic nitrogens is 2. The zero-order chi connectivity index (χ0) is 22.0. The quantitative estimate of drug-likeness (QED) is 0.266. The largest absolute Gasteiger partial charge is 0.497 e. The number of nitro benzene ring substituents is 1. The highest BCUT2D eigenvalue weighted by Crippen LogP contribution is 2.36. The van der Waals surface area contributed by atoms with Gasteiger partial charge in [-0.2, -0.15) is 0 Å². The summed E-state index contributed by atoms with van der Waals surface area (Å²) in [7, 11) is 3.23. The Hall–Kier alpha value is -3.65. The van der Waals surface area contributed by atoms with Crippen molar-refractivity contribution in [3.05, 3.63) is 81.3 Å². The SMILES string of the molecule is COc1ccc(-c2nc(-c3ccc(Br)c([N+](=O)[O-])c3)[nH]c2-c2ccc(OC)cc2)cc1. The van der Waals surface area contributed by atoms with Crippen molar-refractivity contribution in [3.8, 4) is 45.4 Å². The molecule has 7 nitrogen and oxygen atoms in total. The Bertz CT molecular complexity index is 1170. The van der Waals surface area contributed by atoms with Crippen LogP contribution >= 0.6 is 15.9 Å². The molecule has 0 atom stereocenters. The number of hydrogen-bond donors (Lipinski definition) is 1. The zero-order valence-electron chi connectivity index (χ0n) is 16.8. The summed E-state index contributed by atoms with van der Waals surface area (Å²) in [5.41, 5.74) is 3.93. The molecule has 31 heavy (non-hydrogen) atoms. The molecular weight excluding hydrogens is 462 g/mol. The van der Waals surface area contributed by atoms with Crippen molar-refractivity contribution in [2.45, 2.75) is 0 Å². The van der Waals surface area contributed by atoms with E-state index in [2.05, 4.69) is 20.9 Å². The molecule has 0 spiro atoms. The van der Waals surface area contributed by atoms with Crippen LogP contribution < -0.4 is 9.47 Å². The summed E-state index contributed by atoms with van der Waals surface area (Å²) in [6, 6.07) is 20.1. The predicted molar refractivity (Wildman–Crippen MR) is 122 cm³/mol. The first-order valence-electron chi connectivity index (χ1n) is 9.33. The number of benzene rings is 3. The van der Waals surface area contributed by atoms with Gasteiger partial charge in [-0.25, -0.2) is 4.98 Å². The Kier molecular flexibility index (Phi) is 5.73. The van der Waals surface area contributed by atoms with Crippen molar-refractivity contribution < 1.29 is 14.4 Å². The molecule has 4 aromatic rings. The highest BCUT2D eigenvalue weighted by atomic mass is 79.9. The van der Waals surface area contributed by atoms with Gasteiger partial charge in [-0.1, -0.05) is 0 Å². The highest BCUT2D eigenvalue weighted by Gasteiger charge is 2.19. The molecule has 0 aliphatic rings. The number of methoxy groups -OCH3 is 2. The number of nitrogens with zero attached hydrogens (tertiary/aromatic N) is 2. The standard InChI is InChI=1S/C23H18BrN3O4/c1-30-17-8-3-14(4-9-17)21-22(15-5-10-18(31-2)11-6-15)26-23(25-21)16-7-12-19(24)20(13-16)27(28)29/h3-13H,1-2H3,(H,25,26). The van der Waals surface area contributed by atoms with E-state index in [0.717, 1.165) is 34.0 Å². The maximum absolute atomic E-state index is 11.4. The first-order valence-corrected chi connectivity index (χ1v) is 10.1. The number of nitro groups is 1. The second-order valence-corrected chi connectivity index (χ2v) is 7.54. The minimum absolute atomic E-state index is 0.0223. The van der Waals surface area contributed by atoms with Crippen LogP contribution in [0.15, 0.2) is 71.2 Å². The second kappa shape index (κ2) is 8.61. The van der Waals surface area contributed by atoms with Crippen molar-refractivity contribution >= 4 is 21.6 Å². The molecule has 1 heterocycles. The summed E-state index contributed by atoms with van der Waals surface area (Å²) in [5.74, 6) is 2.03. The van der Waals surface area contributed by atoms with Gasteiger partial charge in [0.25, 0.3) is 5.69 Å². The predicted octanol–water partition coefficient (Wildman–Crippen LogP) is 6.10. The van der Waals surface area contributed by atoms with Crippen LogP contribution in [0.5, 0.6) is 11.5 Å². The summed E-state index contributed by atoms with van der Waals surface area (Å²) >= 11 is 3.23. The molecule has 0 fully saturated rings. The lowest BCUT2D eigenvalue weighted by Crippen LogP contribution is -1.91. The fraction of sp³-hybridized carbons (Fsp3) is 0.0870. The van der Waals surface area contributed by atoms with E-state index in [0.29, 0.717) is 15.9 Å². The van der Waals surface area contributed by atoms with Crippen molar-refractivity contribution in [1.82, 2.24) is 9.97 Å². The summed E-state index contributed by atoms with van der Waals surface area (Å²) in [4.78, 5) is 19.1. The average molecular weight is 480 g/mol. The van der Waals surface area contributed by atoms with E-state index in [4.69, 9.17) is 14.5 Å². The fourth-order valence-corrected chi connectivity index (χ4v) is 3.63. The van der Waals surface area contributed by atoms with E-state index in [1.165, 1.54) is 6.07 Å². The number of H-pyrrole nitrogens is 1. The van der Waals surface area contributed by atoms with Crippen LogP contribution in [0.3, 0.4) is 0 Å². The zero-order valence-corrected chi connectivity index (χ0v) is 18.3. The summed E-state index contributed by atoms with van der Waals surface area (Å²) in [5, 5.41) is 11.4. The first-order chi connectivity index (χ1) is 15.0. The summed E-state index contributed by atoms with van der Waals surface area (Å²) in [6.45, 7) is 0. The topological polar surface area (TPSA) is 90.3 Å². The van der Waals surface area contributed by atoms with Gasteiger partial charge in [0.2, 0.25) is 0 Å². The third-order valence-electron chi connectivity index (χ3n) is 4.86. The number of halogens is 1. The van der Waals surface area contributed by atoms with Gasteiger partial charge in [-0.15, -0.1) is 0 Å². The molecule has 0 aliphatic carbocycles. The van der Waals surface area contributed by atoms with Crippen molar-refractivity contribution in [2.75, 3.05) is 14.2 Å². The van der Waals surface area contributed by atoms with Gasteiger partial charge in [0.1, 0.15) is 17.3 Å². The Labute approximate surface area is 187 Å². The van der Waals surface area contributed by atoms with E-state index >= 15 is 0 Å². The third kappa shape index (κ3) is 4.15. The number of aromatic amines is 1. The van der Waals surface area contributed by atoms with E-state index in [-0.39, 0.29) is 5.69 Å². The molecule has 3 aromatic carbocycles. The van der Waals surface area contributed by atoms with Crippen molar-refractivity contribution in [3.63, 3.8) is 0 Å². The van der Waals surface area contributed by atoms with Crippen LogP contribution in [0, 0.1) is 10.1 Å². The van der Waals surface area contributed by atoms with Crippen LogP contribution in [0.25, 0.3) is 33.9 Å². The molecule has 0 amide bonds. The van der Waals surface area contributed by atoms with E-state index in [1.54, 1.807) is 26.4 Å². The van der Waals surface area contributed by atoms with Crippen LogP contribution in [0.2, 0.25) is 0 Å². The molecule has 0 bridgehead atoms. The lowest BCUT2D eigenvalue weighted by Gasteiger charge is -2.06. The Balaban J connectivity index is 1.87. The van der Waals surface area contributed by atoms with Gasteiger partial charge < -0.3 is 14.5 Å². The van der Waals surface area contributed by atoms with Gasteiger partial charge in [-0.3, -0.25) is 10.1 Å². The van der Waals surface area contributed by atoms with Crippen molar-refractivity contribution in [1.29, 1.82) is 0 Å². The molecule has 4 rings (SSSR count). The van der Waals surface area contributed by atoms with E-state index < -0.39 is 4.92 Å². The maximum atomic E-state index is 11.4. The lowest BCUT2D eigenvalue weighted by atomic mass is 10.0. The normalized spacial score (nSPS) is 10.7. The third-order valence-corrected chi connectivity index (χ3v) is 5.53. The summed E-state index contributed by atoms with van der Waals surface area (Å²) < 4.78 is 10.9. The Morgan fingerprint density at radius 2 is 1.42 bits per heavy atom. The van der Waals surface area contributed by atoms with Gasteiger partial charge >= 0.3 is 0 Å². The monoisotopic (exact) mass is 479 g/mol. The molecule has 0 saturated heterocycles. The van der Waals surface area contributed by atoms with Crippen LogP contribution in [-0.4, -0.2) is 29.1 Å². The van der Waals surface area contributed by atoms with Gasteiger partial charge in [0.15, 0.2) is 0 Å². The Morgan fingerprint density at radius 1 is 0.871 bits per heavy atom. The highest BCUT2D eigenvalue weighted by molar-refractivity contribution is 9.10. The minimum Gasteiger partial charge on any atom is -0.497 e. The number of rotatable bonds is 6. The number of ether oxygens (including phenoxy) is 2. The van der Waals surface area contributed by atoms with Crippen LogP contribution in [-0.2, 0) is 0 Å². The van der Waals surface area contributed by atoms with Gasteiger partial charge in [-0.05, 0) is 76.6 Å². The summed E-state index contributed by atoms with van der Waals surface area (Å²) in [6.07, 6.45) is 0. The molecule has 0 radical (unpaired) electrons. The second-order valence-electron chi connectivity index (χ2n) is 6.69. The fourth-order valence-electron chi connectivity index (χ4n) is 3.23. The molecule has 0 aliphatic heterocycles. The molecular formula is C23H18BrN3O4. The smallest absolute Gasteiger partial charge is 0.284 e. The molecule has 8 heteroatoms. The lowest BCUT2D eigenvalue weighted by molar-refractivity contribution is -0.385. The van der Waals surface area contributed by atoms with E-state index in [9.17, 15) is 10.1 Å².